The molecule has 0 unspecified atom stereocenters. The molecule has 9 heteroatoms. The van der Waals surface area contributed by atoms with Crippen molar-refractivity contribution >= 4 is 33.7 Å². The number of benzene rings is 2. The van der Waals surface area contributed by atoms with Crippen molar-refractivity contribution in [2.45, 2.75) is 4.90 Å². The lowest BCUT2D eigenvalue weighted by atomic mass is 10.2. The Kier molecular flexibility index (Phi) is 6.22. The van der Waals surface area contributed by atoms with Gasteiger partial charge in [0, 0.05) is 23.7 Å². The molecule has 0 saturated carbocycles. The Morgan fingerprint density at radius 2 is 1.89 bits per heavy atom. The fourth-order valence-corrected chi connectivity index (χ4v) is 4.20. The Morgan fingerprint density at radius 3 is 2.63 bits per heavy atom. The van der Waals surface area contributed by atoms with Crippen molar-refractivity contribution in [2.24, 2.45) is 5.10 Å². The van der Waals surface area contributed by atoms with Crippen molar-refractivity contribution in [2.75, 3.05) is 26.3 Å². The quantitative estimate of drug-likeness (QED) is 0.607. The average Bonchev–Trinajstić information content (AvgIpc) is 2.69. The van der Waals surface area contributed by atoms with Gasteiger partial charge in [0.05, 0.1) is 24.3 Å². The smallest absolute Gasteiger partial charge is 0.271 e. The number of halogens is 1. The summed E-state index contributed by atoms with van der Waals surface area (Å²) >= 11 is 5.89. The molecule has 2 aromatic carbocycles. The number of hydrogen-bond donors (Lipinski definition) is 1. The lowest BCUT2D eigenvalue weighted by Crippen LogP contribution is -2.40. The highest BCUT2D eigenvalue weighted by Gasteiger charge is 2.26. The summed E-state index contributed by atoms with van der Waals surface area (Å²) in [5, 5.41) is 4.44. The molecular weight excluding hydrogens is 390 g/mol. The number of carbonyl (C=O) groups excluding carboxylic acids is 1. The van der Waals surface area contributed by atoms with Crippen LogP contribution in [0.5, 0.6) is 0 Å². The molecule has 142 valence electrons. The Morgan fingerprint density at radius 1 is 1.15 bits per heavy atom. The number of morpholine rings is 1. The van der Waals surface area contributed by atoms with Gasteiger partial charge in [-0.3, -0.25) is 4.79 Å². The lowest BCUT2D eigenvalue weighted by molar-refractivity contribution is 0.0730. The number of sulfonamides is 1. The lowest BCUT2D eigenvalue weighted by Gasteiger charge is -2.26. The highest BCUT2D eigenvalue weighted by Crippen LogP contribution is 2.18. The van der Waals surface area contributed by atoms with E-state index >= 15 is 0 Å². The number of nitrogens with zero attached hydrogens (tertiary/aromatic N) is 2. The van der Waals surface area contributed by atoms with Gasteiger partial charge in [-0.2, -0.15) is 9.41 Å². The second-order valence-electron chi connectivity index (χ2n) is 5.80. The molecule has 0 spiro atoms. The normalized spacial score (nSPS) is 15.7. The van der Waals surface area contributed by atoms with Crippen molar-refractivity contribution in [3.8, 4) is 0 Å². The number of ether oxygens (including phenoxy) is 1. The Balaban J connectivity index is 1.72. The predicted molar refractivity (Wildman–Crippen MR) is 103 cm³/mol. The number of carbonyl (C=O) groups is 1. The molecule has 0 aromatic heterocycles. The zero-order valence-electron chi connectivity index (χ0n) is 14.3. The summed E-state index contributed by atoms with van der Waals surface area (Å²) in [7, 11) is -3.67. The first kappa shape index (κ1) is 19.5. The molecular formula is C18H18ClN3O4S. The van der Waals surface area contributed by atoms with Crippen LogP contribution in [0.25, 0.3) is 0 Å². The zero-order chi connectivity index (χ0) is 19.3. The highest BCUT2D eigenvalue weighted by atomic mass is 35.5. The molecule has 3 rings (SSSR count). The van der Waals surface area contributed by atoms with Crippen LogP contribution in [0.2, 0.25) is 5.02 Å². The minimum Gasteiger partial charge on any atom is -0.379 e. The van der Waals surface area contributed by atoms with Crippen LogP contribution in [-0.2, 0) is 14.8 Å². The van der Waals surface area contributed by atoms with E-state index < -0.39 is 15.9 Å². The van der Waals surface area contributed by atoms with E-state index in [2.05, 4.69) is 10.5 Å². The number of nitrogens with one attached hydrogen (secondary N) is 1. The SMILES string of the molecule is O=C(N/N=C\c1cccc(Cl)c1)c1cccc(S(=O)(=O)N2CCOCC2)c1. The standard InChI is InChI=1S/C18H18ClN3O4S/c19-16-5-1-3-14(11-16)13-20-21-18(23)15-4-2-6-17(12-15)27(24,25)22-7-9-26-10-8-22/h1-6,11-13H,7-10H2,(H,21,23)/b20-13-. The van der Waals surface area contributed by atoms with Crippen LogP contribution in [0.3, 0.4) is 0 Å². The molecule has 0 aliphatic carbocycles. The summed E-state index contributed by atoms with van der Waals surface area (Å²) in [5.74, 6) is -0.507. The molecule has 1 heterocycles. The molecule has 1 aliphatic heterocycles. The molecule has 2 aromatic rings. The van der Waals surface area contributed by atoms with E-state index in [1.807, 2.05) is 0 Å². The van der Waals surface area contributed by atoms with Crippen LogP contribution < -0.4 is 5.43 Å². The molecule has 1 N–H and O–H groups in total. The van der Waals surface area contributed by atoms with Crippen LogP contribution in [0.4, 0.5) is 0 Å². The highest BCUT2D eigenvalue weighted by molar-refractivity contribution is 7.89. The van der Waals surface area contributed by atoms with Crippen LogP contribution in [0.1, 0.15) is 15.9 Å². The third kappa shape index (κ3) is 4.92. The maximum absolute atomic E-state index is 12.7. The molecule has 0 radical (unpaired) electrons. The van der Waals surface area contributed by atoms with Crippen molar-refractivity contribution in [1.82, 2.24) is 9.73 Å². The van der Waals surface area contributed by atoms with E-state index in [1.54, 1.807) is 24.3 Å². The minimum absolute atomic E-state index is 0.0656. The number of hydrazone groups is 1. The average molecular weight is 408 g/mol. The molecule has 27 heavy (non-hydrogen) atoms. The van der Waals surface area contributed by atoms with Crippen molar-refractivity contribution in [1.29, 1.82) is 0 Å². The van der Waals surface area contributed by atoms with Gasteiger partial charge < -0.3 is 4.74 Å². The van der Waals surface area contributed by atoms with Crippen molar-refractivity contribution in [3.63, 3.8) is 0 Å². The Bertz CT molecular complexity index is 957. The first-order chi connectivity index (χ1) is 13.0. The zero-order valence-corrected chi connectivity index (χ0v) is 15.9. The molecule has 7 nitrogen and oxygen atoms in total. The van der Waals surface area contributed by atoms with Crippen molar-refractivity contribution in [3.05, 3.63) is 64.7 Å². The first-order valence-electron chi connectivity index (χ1n) is 8.24. The summed E-state index contributed by atoms with van der Waals surface area (Å²) < 4.78 is 31.9. The largest absolute Gasteiger partial charge is 0.379 e. The maximum Gasteiger partial charge on any atom is 0.271 e. The maximum atomic E-state index is 12.7. The summed E-state index contributed by atoms with van der Waals surface area (Å²) in [6.45, 7) is 1.31. The van der Waals surface area contributed by atoms with Gasteiger partial charge >= 0.3 is 0 Å². The first-order valence-corrected chi connectivity index (χ1v) is 10.1. The summed E-state index contributed by atoms with van der Waals surface area (Å²) in [6, 6.07) is 12.9. The van der Waals surface area contributed by atoms with E-state index in [1.165, 1.54) is 34.8 Å². The van der Waals surface area contributed by atoms with Gasteiger partial charge in [-0.15, -0.1) is 0 Å². The van der Waals surface area contributed by atoms with E-state index in [-0.39, 0.29) is 10.5 Å². The van der Waals surface area contributed by atoms with Gasteiger partial charge in [0.15, 0.2) is 0 Å². The van der Waals surface area contributed by atoms with E-state index in [9.17, 15) is 13.2 Å². The van der Waals surface area contributed by atoms with Gasteiger partial charge in [0.2, 0.25) is 10.0 Å². The molecule has 1 saturated heterocycles. The van der Waals surface area contributed by atoms with Gasteiger partial charge in [0.1, 0.15) is 0 Å². The fraction of sp³-hybridized carbons (Fsp3) is 0.222. The summed E-state index contributed by atoms with van der Waals surface area (Å²) in [6.07, 6.45) is 1.46. The topological polar surface area (TPSA) is 88.1 Å². The van der Waals surface area contributed by atoms with Crippen molar-refractivity contribution < 1.29 is 17.9 Å². The third-order valence-electron chi connectivity index (χ3n) is 3.93. The monoisotopic (exact) mass is 407 g/mol. The minimum atomic E-state index is -3.67. The number of hydrogen-bond acceptors (Lipinski definition) is 5. The molecule has 0 bridgehead atoms. The van der Waals surface area contributed by atoms with Gasteiger partial charge in [-0.25, -0.2) is 13.8 Å². The van der Waals surface area contributed by atoms with Crippen LogP contribution >= 0.6 is 11.6 Å². The van der Waals surface area contributed by atoms with E-state index in [0.717, 1.165) is 5.56 Å². The van der Waals surface area contributed by atoms with Gasteiger partial charge in [-0.1, -0.05) is 29.8 Å². The molecule has 1 amide bonds. The van der Waals surface area contributed by atoms with E-state index in [0.29, 0.717) is 31.3 Å². The van der Waals surface area contributed by atoms with Gasteiger partial charge in [-0.05, 0) is 35.9 Å². The second kappa shape index (κ2) is 8.62. The Hall–Kier alpha value is -2.26. The third-order valence-corrected chi connectivity index (χ3v) is 6.06. The summed E-state index contributed by atoms with van der Waals surface area (Å²) in [5.41, 5.74) is 3.31. The van der Waals surface area contributed by atoms with E-state index in [4.69, 9.17) is 16.3 Å². The summed E-state index contributed by atoms with van der Waals surface area (Å²) in [4.78, 5) is 12.3. The van der Waals surface area contributed by atoms with Crippen LogP contribution in [0, 0.1) is 0 Å². The molecule has 1 fully saturated rings. The Labute approximate surface area is 162 Å². The number of amides is 1. The fourth-order valence-electron chi connectivity index (χ4n) is 2.55. The second-order valence-corrected chi connectivity index (χ2v) is 8.17. The van der Waals surface area contributed by atoms with Crippen LogP contribution in [0.15, 0.2) is 58.5 Å². The number of rotatable bonds is 5. The van der Waals surface area contributed by atoms with Crippen LogP contribution in [-0.4, -0.2) is 51.1 Å². The predicted octanol–water partition coefficient (Wildman–Crippen LogP) is 2.12. The van der Waals surface area contributed by atoms with Gasteiger partial charge in [0.25, 0.3) is 5.91 Å². The molecule has 1 aliphatic rings. The molecule has 0 atom stereocenters.